The molecule has 0 bridgehead atoms. The Labute approximate surface area is 295 Å². The molecule has 266 valence electrons. The summed E-state index contributed by atoms with van der Waals surface area (Å²) in [6, 6.07) is 30.2. The van der Waals surface area contributed by atoms with Gasteiger partial charge in [0.1, 0.15) is 17.2 Å². The third kappa shape index (κ3) is 16.9. The Hall–Kier alpha value is -2.94. The second-order valence-electron chi connectivity index (χ2n) is 13.8. The van der Waals surface area contributed by atoms with Crippen LogP contribution in [0.4, 0.5) is 0 Å². The van der Waals surface area contributed by atoms with E-state index in [0.29, 0.717) is 0 Å². The van der Waals surface area contributed by atoms with Crippen LogP contribution in [0.1, 0.15) is 162 Å². The van der Waals surface area contributed by atoms with Gasteiger partial charge in [0.25, 0.3) is 0 Å². The molecule has 0 amide bonds. The van der Waals surface area contributed by atoms with E-state index in [9.17, 15) is 0 Å². The zero-order valence-electron chi connectivity index (χ0n) is 30.7. The van der Waals surface area contributed by atoms with Crippen LogP contribution in [-0.2, 0) is 0 Å². The largest absolute Gasteiger partial charge is 0.420 e. The second-order valence-corrected chi connectivity index (χ2v) is 13.8. The quantitative estimate of drug-likeness (QED) is 0.0528. The van der Waals surface area contributed by atoms with E-state index in [2.05, 4.69) is 13.8 Å². The van der Waals surface area contributed by atoms with Gasteiger partial charge < -0.3 is 14.2 Å². The Morgan fingerprint density at radius 2 is 0.604 bits per heavy atom. The third-order valence-electron chi connectivity index (χ3n) is 9.57. The van der Waals surface area contributed by atoms with Crippen molar-refractivity contribution in [2.24, 2.45) is 5.92 Å². The highest BCUT2D eigenvalue weighted by atomic mass is 16.9. The molecule has 1 unspecified atom stereocenters. The van der Waals surface area contributed by atoms with E-state index >= 15 is 0 Å². The first-order valence-electron chi connectivity index (χ1n) is 20.0. The molecule has 0 aliphatic rings. The summed E-state index contributed by atoms with van der Waals surface area (Å²) in [5.41, 5.74) is 0. The minimum atomic E-state index is -1.29. The molecule has 3 heteroatoms. The molecule has 0 fully saturated rings. The summed E-state index contributed by atoms with van der Waals surface area (Å²) >= 11 is 0. The van der Waals surface area contributed by atoms with Crippen molar-refractivity contribution in [3.05, 3.63) is 91.0 Å². The van der Waals surface area contributed by atoms with Crippen LogP contribution in [0, 0.1) is 5.92 Å². The van der Waals surface area contributed by atoms with Crippen LogP contribution in [0.2, 0.25) is 0 Å². The normalized spacial score (nSPS) is 12.1. The first kappa shape index (κ1) is 39.5. The van der Waals surface area contributed by atoms with Crippen LogP contribution in [0.3, 0.4) is 0 Å². The molecule has 0 heterocycles. The summed E-state index contributed by atoms with van der Waals surface area (Å²) < 4.78 is 20.7. The second kappa shape index (κ2) is 26.0. The van der Waals surface area contributed by atoms with E-state index < -0.39 is 5.97 Å². The summed E-state index contributed by atoms with van der Waals surface area (Å²) in [5.74, 6) is 1.04. The average molecular weight is 657 g/mol. The summed E-state index contributed by atoms with van der Waals surface area (Å²) in [5, 5.41) is 0. The molecule has 3 nitrogen and oxygen atoms in total. The van der Waals surface area contributed by atoms with Crippen molar-refractivity contribution in [3.8, 4) is 17.2 Å². The minimum Gasteiger partial charge on any atom is -0.420 e. The van der Waals surface area contributed by atoms with Crippen LogP contribution in [-0.4, -0.2) is 5.97 Å². The van der Waals surface area contributed by atoms with Crippen molar-refractivity contribution < 1.29 is 14.2 Å². The smallest absolute Gasteiger partial charge is 0.420 e. The minimum absolute atomic E-state index is 0.0615. The van der Waals surface area contributed by atoms with Crippen molar-refractivity contribution in [2.75, 3.05) is 0 Å². The van der Waals surface area contributed by atoms with Gasteiger partial charge in [0, 0.05) is 0 Å². The predicted molar refractivity (Wildman–Crippen MR) is 205 cm³/mol. The van der Waals surface area contributed by atoms with Gasteiger partial charge in [-0.25, -0.2) is 0 Å². The van der Waals surface area contributed by atoms with Gasteiger partial charge in [0.15, 0.2) is 0 Å². The Morgan fingerprint density at radius 3 is 0.875 bits per heavy atom. The SMILES string of the molecule is CCCCCCCCCCCCCCCCCCC(CCCCCCC)C(Oc1ccccc1)(Oc1ccccc1)Oc1ccccc1. The van der Waals surface area contributed by atoms with E-state index in [4.69, 9.17) is 14.2 Å². The zero-order valence-corrected chi connectivity index (χ0v) is 30.7. The number of hydrogen-bond acceptors (Lipinski definition) is 3. The van der Waals surface area contributed by atoms with Gasteiger partial charge in [-0.1, -0.05) is 203 Å². The number of para-hydroxylation sites is 3. The summed E-state index contributed by atoms with van der Waals surface area (Å²) in [6.07, 6.45) is 30.1. The van der Waals surface area contributed by atoms with Crippen molar-refractivity contribution in [3.63, 3.8) is 0 Å². The molecule has 1 atom stereocenters. The lowest BCUT2D eigenvalue weighted by Gasteiger charge is -2.40. The molecule has 0 aromatic heterocycles. The first-order chi connectivity index (χ1) is 23.8. The van der Waals surface area contributed by atoms with Gasteiger partial charge in [-0.3, -0.25) is 0 Å². The van der Waals surface area contributed by atoms with E-state index in [1.807, 2.05) is 91.0 Å². The Balaban J connectivity index is 1.59. The van der Waals surface area contributed by atoms with Gasteiger partial charge in [-0.15, -0.1) is 0 Å². The van der Waals surface area contributed by atoms with E-state index in [0.717, 1.165) is 42.9 Å². The predicted octanol–water partition coefficient (Wildman–Crippen LogP) is 14.5. The number of unbranched alkanes of at least 4 members (excludes halogenated alkanes) is 19. The maximum absolute atomic E-state index is 6.89. The average Bonchev–Trinajstić information content (AvgIpc) is 3.11. The Bertz CT molecular complexity index is 1020. The Kier molecular flexibility index (Phi) is 21.4. The van der Waals surface area contributed by atoms with Gasteiger partial charge >= 0.3 is 5.97 Å². The molecular weight excluding hydrogens is 588 g/mol. The molecular formula is C45H68O3. The molecule has 0 aliphatic carbocycles. The molecule has 0 saturated heterocycles. The number of ether oxygens (including phenoxy) is 3. The standard InChI is InChI=1S/C45H68O3/c1-3-5-7-9-10-11-12-13-14-15-16-17-18-19-21-26-34-41(33-25-20-8-6-4-2)45(46-42-35-27-22-28-36-42,47-43-37-29-23-30-38-43)48-44-39-31-24-32-40-44/h22-24,27-32,35-41H,3-21,25-26,33-34H2,1-2H3. The third-order valence-corrected chi connectivity index (χ3v) is 9.57. The molecule has 3 aromatic carbocycles. The lowest BCUT2D eigenvalue weighted by atomic mass is 9.91. The lowest BCUT2D eigenvalue weighted by Crippen LogP contribution is -2.54. The fraction of sp³-hybridized carbons (Fsp3) is 0.600. The van der Waals surface area contributed by atoms with Gasteiger partial charge in [0.05, 0.1) is 5.92 Å². The van der Waals surface area contributed by atoms with Crippen LogP contribution in [0.15, 0.2) is 91.0 Å². The van der Waals surface area contributed by atoms with Gasteiger partial charge in [-0.2, -0.15) is 0 Å². The number of hydrogen-bond donors (Lipinski definition) is 0. The van der Waals surface area contributed by atoms with Gasteiger partial charge in [-0.05, 0) is 49.2 Å². The van der Waals surface area contributed by atoms with Crippen LogP contribution < -0.4 is 14.2 Å². The molecule has 0 spiro atoms. The van der Waals surface area contributed by atoms with Crippen molar-refractivity contribution in [2.45, 2.75) is 167 Å². The highest BCUT2D eigenvalue weighted by molar-refractivity contribution is 5.26. The molecule has 3 aromatic rings. The molecule has 0 saturated carbocycles. The summed E-state index contributed by atoms with van der Waals surface area (Å²) in [7, 11) is 0. The molecule has 3 rings (SSSR count). The van der Waals surface area contributed by atoms with E-state index in [-0.39, 0.29) is 5.92 Å². The van der Waals surface area contributed by atoms with Crippen LogP contribution in [0.5, 0.6) is 17.2 Å². The highest BCUT2D eigenvalue weighted by Crippen LogP contribution is 2.37. The topological polar surface area (TPSA) is 27.7 Å². The molecule has 0 aliphatic heterocycles. The monoisotopic (exact) mass is 657 g/mol. The Morgan fingerprint density at radius 1 is 0.354 bits per heavy atom. The van der Waals surface area contributed by atoms with Crippen LogP contribution in [0.25, 0.3) is 0 Å². The summed E-state index contributed by atoms with van der Waals surface area (Å²) in [4.78, 5) is 0. The maximum Gasteiger partial charge on any atom is 0.420 e. The molecule has 0 radical (unpaired) electrons. The zero-order chi connectivity index (χ0) is 33.8. The fourth-order valence-electron chi connectivity index (χ4n) is 6.70. The highest BCUT2D eigenvalue weighted by Gasteiger charge is 2.47. The van der Waals surface area contributed by atoms with Gasteiger partial charge in [0.2, 0.25) is 0 Å². The first-order valence-corrected chi connectivity index (χ1v) is 20.0. The molecule has 0 N–H and O–H groups in total. The van der Waals surface area contributed by atoms with E-state index in [1.165, 1.54) is 122 Å². The van der Waals surface area contributed by atoms with Crippen molar-refractivity contribution in [1.82, 2.24) is 0 Å². The van der Waals surface area contributed by atoms with Crippen molar-refractivity contribution >= 4 is 0 Å². The van der Waals surface area contributed by atoms with E-state index in [1.54, 1.807) is 0 Å². The number of rotatable bonds is 30. The number of benzene rings is 3. The maximum atomic E-state index is 6.89. The summed E-state index contributed by atoms with van der Waals surface area (Å²) in [6.45, 7) is 4.58. The lowest BCUT2D eigenvalue weighted by molar-refractivity contribution is -0.288. The van der Waals surface area contributed by atoms with Crippen molar-refractivity contribution in [1.29, 1.82) is 0 Å². The molecule has 48 heavy (non-hydrogen) atoms. The fourth-order valence-corrected chi connectivity index (χ4v) is 6.70. The van der Waals surface area contributed by atoms with Crippen LogP contribution >= 0.6 is 0 Å².